The van der Waals surface area contributed by atoms with Crippen LogP contribution in [0.25, 0.3) is 0 Å². The Hall–Kier alpha value is -1.39. The number of ketones is 1. The number of carboxylic acids is 1. The summed E-state index contributed by atoms with van der Waals surface area (Å²) in [7, 11) is 0. The van der Waals surface area contributed by atoms with Gasteiger partial charge in [0.1, 0.15) is 17.7 Å². The van der Waals surface area contributed by atoms with E-state index in [9.17, 15) is 19.5 Å². The lowest BCUT2D eigenvalue weighted by Crippen LogP contribution is -2.50. The molecule has 3 fully saturated rings. The lowest BCUT2D eigenvalue weighted by Gasteiger charge is -2.34. The van der Waals surface area contributed by atoms with Crippen LogP contribution in [0.4, 0.5) is 0 Å². The third-order valence-electron chi connectivity index (χ3n) is 6.15. The number of carbonyl (C=O) groups excluding carboxylic acids is 2. The molecule has 1 N–H and O–H groups in total. The lowest BCUT2D eigenvalue weighted by molar-refractivity contribution is -0.155. The first-order valence-corrected chi connectivity index (χ1v) is 8.59. The maximum Gasteiger partial charge on any atom is 0.326 e. The largest absolute Gasteiger partial charge is 0.480 e. The monoisotopic (exact) mass is 321 g/mol. The van der Waals surface area contributed by atoms with E-state index in [1.54, 1.807) is 0 Å². The van der Waals surface area contributed by atoms with Gasteiger partial charge in [-0.3, -0.25) is 9.59 Å². The van der Waals surface area contributed by atoms with Crippen molar-refractivity contribution < 1.29 is 19.5 Å². The first-order chi connectivity index (χ1) is 10.6. The van der Waals surface area contributed by atoms with E-state index in [1.165, 1.54) is 24.7 Å². The van der Waals surface area contributed by atoms with E-state index < -0.39 is 23.3 Å². The van der Waals surface area contributed by atoms with Gasteiger partial charge in [0.15, 0.2) is 0 Å². The van der Waals surface area contributed by atoms with Gasteiger partial charge in [-0.25, -0.2) is 4.79 Å². The minimum absolute atomic E-state index is 0.0616. The van der Waals surface area contributed by atoms with Gasteiger partial charge >= 0.3 is 5.97 Å². The van der Waals surface area contributed by atoms with Crippen LogP contribution < -0.4 is 0 Å². The summed E-state index contributed by atoms with van der Waals surface area (Å²) < 4.78 is 0. The molecule has 3 rings (SSSR count). The fraction of sp³-hybridized carbons (Fsp3) is 0.833. The third-order valence-corrected chi connectivity index (χ3v) is 6.15. The molecule has 1 aliphatic heterocycles. The normalized spacial score (nSPS) is 32.7. The van der Waals surface area contributed by atoms with Crippen LogP contribution in [0.15, 0.2) is 0 Å². The predicted octanol–water partition coefficient (Wildman–Crippen LogP) is 2.34. The highest BCUT2D eigenvalue weighted by Gasteiger charge is 2.61. The molecule has 2 saturated carbocycles. The first-order valence-electron chi connectivity index (χ1n) is 8.59. The highest BCUT2D eigenvalue weighted by molar-refractivity contribution is 6.02. The van der Waals surface area contributed by atoms with Gasteiger partial charge in [-0.2, -0.15) is 0 Å². The van der Waals surface area contributed by atoms with Crippen molar-refractivity contribution in [1.82, 2.24) is 4.90 Å². The smallest absolute Gasteiger partial charge is 0.326 e. The fourth-order valence-corrected chi connectivity index (χ4v) is 5.07. The molecule has 0 aromatic carbocycles. The van der Waals surface area contributed by atoms with E-state index >= 15 is 0 Å². The molecule has 1 saturated heterocycles. The maximum atomic E-state index is 13.0. The zero-order chi connectivity index (χ0) is 17.2. The van der Waals surface area contributed by atoms with Crippen LogP contribution in [0.5, 0.6) is 0 Å². The van der Waals surface area contributed by atoms with E-state index in [1.807, 2.05) is 20.8 Å². The van der Waals surface area contributed by atoms with Crippen molar-refractivity contribution in [1.29, 1.82) is 0 Å². The van der Waals surface area contributed by atoms with Crippen LogP contribution >= 0.6 is 0 Å². The first kappa shape index (κ1) is 16.5. The molecule has 0 aromatic heterocycles. The molecular weight excluding hydrogens is 294 g/mol. The highest BCUT2D eigenvalue weighted by atomic mass is 16.4. The molecule has 0 unspecified atom stereocenters. The van der Waals surface area contributed by atoms with Crippen LogP contribution in [0.2, 0.25) is 0 Å². The SMILES string of the molecule is CC(=O)[C@H](C(=O)N1C[C@@H]2CC3(CC3)C[C@@H]2[C@H]1C(=O)O)C(C)(C)C. The second-order valence-electron chi connectivity index (χ2n) is 9.02. The summed E-state index contributed by atoms with van der Waals surface area (Å²) in [4.78, 5) is 38.4. The molecule has 128 valence electrons. The molecule has 1 amide bonds. The van der Waals surface area contributed by atoms with Crippen molar-refractivity contribution >= 4 is 17.7 Å². The van der Waals surface area contributed by atoms with E-state index in [0.29, 0.717) is 12.0 Å². The molecule has 3 aliphatic rings. The molecule has 1 spiro atoms. The number of Topliss-reactive ketones (excluding diaryl/α,β-unsaturated/α-hetero) is 1. The van der Waals surface area contributed by atoms with Gasteiger partial charge in [0, 0.05) is 6.54 Å². The Bertz CT molecular complexity index is 558. The van der Waals surface area contributed by atoms with E-state index in [0.717, 1.165) is 12.8 Å². The molecule has 23 heavy (non-hydrogen) atoms. The zero-order valence-corrected chi connectivity index (χ0v) is 14.5. The summed E-state index contributed by atoms with van der Waals surface area (Å²) in [6, 6.07) is -0.753. The molecule has 2 aliphatic carbocycles. The Morgan fingerprint density at radius 3 is 2.22 bits per heavy atom. The number of fused-ring (bicyclic) bond motifs is 1. The Morgan fingerprint density at radius 1 is 1.17 bits per heavy atom. The van der Waals surface area contributed by atoms with Crippen molar-refractivity contribution in [2.45, 2.75) is 59.4 Å². The summed E-state index contributed by atoms with van der Waals surface area (Å²) in [5, 5.41) is 9.71. The van der Waals surface area contributed by atoms with Crippen LogP contribution in [-0.2, 0) is 14.4 Å². The van der Waals surface area contributed by atoms with Crippen LogP contribution in [0.1, 0.15) is 53.4 Å². The Labute approximate surface area is 137 Å². The Kier molecular flexibility index (Phi) is 3.62. The number of carboxylic acid groups (broad SMARTS) is 1. The van der Waals surface area contributed by atoms with Crippen LogP contribution in [-0.4, -0.2) is 40.3 Å². The molecule has 4 atom stereocenters. The number of hydrogen-bond acceptors (Lipinski definition) is 3. The van der Waals surface area contributed by atoms with Crippen LogP contribution in [0, 0.1) is 28.6 Å². The second kappa shape index (κ2) is 5.05. The second-order valence-corrected chi connectivity index (χ2v) is 9.02. The van der Waals surface area contributed by atoms with Crippen molar-refractivity contribution in [3.05, 3.63) is 0 Å². The molecule has 1 heterocycles. The molecule has 0 radical (unpaired) electrons. The number of nitrogens with zero attached hydrogens (tertiary/aromatic N) is 1. The molecule has 0 bridgehead atoms. The van der Waals surface area contributed by atoms with E-state index in [2.05, 4.69) is 0 Å². The zero-order valence-electron chi connectivity index (χ0n) is 14.5. The summed E-state index contributed by atoms with van der Waals surface area (Å²) in [5.41, 5.74) is -0.121. The third kappa shape index (κ3) is 2.68. The van der Waals surface area contributed by atoms with Crippen molar-refractivity contribution in [3.63, 3.8) is 0 Å². The number of amides is 1. The van der Waals surface area contributed by atoms with Gasteiger partial charge in [0.05, 0.1) is 0 Å². The molecule has 0 aromatic rings. The van der Waals surface area contributed by atoms with E-state index in [-0.39, 0.29) is 23.5 Å². The number of aliphatic carboxylic acids is 1. The number of rotatable bonds is 3. The van der Waals surface area contributed by atoms with Gasteiger partial charge < -0.3 is 10.0 Å². The summed E-state index contributed by atoms with van der Waals surface area (Å²) in [6.45, 7) is 7.52. The molecular formula is C18H27NO4. The minimum atomic E-state index is -0.917. The number of likely N-dealkylation sites (tertiary alicyclic amines) is 1. The lowest BCUT2D eigenvalue weighted by atomic mass is 9.77. The Morgan fingerprint density at radius 2 is 1.78 bits per heavy atom. The topological polar surface area (TPSA) is 74.7 Å². The number of carbonyl (C=O) groups is 3. The van der Waals surface area contributed by atoms with Gasteiger partial charge in [0.2, 0.25) is 5.91 Å². The summed E-state index contributed by atoms with van der Waals surface area (Å²) in [5.74, 6) is -1.81. The summed E-state index contributed by atoms with van der Waals surface area (Å²) >= 11 is 0. The van der Waals surface area contributed by atoms with Crippen molar-refractivity contribution in [3.8, 4) is 0 Å². The predicted molar refractivity (Wildman–Crippen MR) is 84.6 cm³/mol. The minimum Gasteiger partial charge on any atom is -0.480 e. The van der Waals surface area contributed by atoms with Crippen molar-refractivity contribution in [2.24, 2.45) is 28.6 Å². The van der Waals surface area contributed by atoms with Gasteiger partial charge in [-0.05, 0) is 55.3 Å². The number of hydrogen-bond donors (Lipinski definition) is 1. The molecule has 5 heteroatoms. The van der Waals surface area contributed by atoms with Gasteiger partial charge in [-0.15, -0.1) is 0 Å². The van der Waals surface area contributed by atoms with E-state index in [4.69, 9.17) is 0 Å². The average Bonchev–Trinajstić information content (AvgIpc) is 2.86. The van der Waals surface area contributed by atoms with Gasteiger partial charge in [0.25, 0.3) is 0 Å². The Balaban J connectivity index is 1.86. The van der Waals surface area contributed by atoms with Gasteiger partial charge in [-0.1, -0.05) is 20.8 Å². The fourth-order valence-electron chi connectivity index (χ4n) is 5.07. The summed E-state index contributed by atoms with van der Waals surface area (Å²) in [6.07, 6.45) is 4.39. The maximum absolute atomic E-state index is 13.0. The van der Waals surface area contributed by atoms with Crippen molar-refractivity contribution in [2.75, 3.05) is 6.54 Å². The standard InChI is InChI=1S/C18H27NO4/c1-10(20)13(17(2,3)4)15(21)19-9-11-7-18(5-6-18)8-12(11)14(19)16(22)23/h11-14H,5-9H2,1-4H3,(H,22,23)/t11-,12-,13+,14-/m0/s1. The van der Waals surface area contributed by atoms with Crippen LogP contribution in [0.3, 0.4) is 0 Å². The average molecular weight is 321 g/mol. The highest BCUT2D eigenvalue weighted by Crippen LogP contribution is 2.64. The molecule has 5 nitrogen and oxygen atoms in total. The quantitative estimate of drug-likeness (QED) is 0.810.